The number of methoxy groups -OCH3 is 1. The van der Waals surface area contributed by atoms with Gasteiger partial charge in [0.05, 0.1) is 40.6 Å². The predicted octanol–water partition coefficient (Wildman–Crippen LogP) is 17.3. The van der Waals surface area contributed by atoms with Gasteiger partial charge in [0.25, 0.3) is 0 Å². The minimum absolute atomic E-state index is 0.136. The van der Waals surface area contributed by atoms with E-state index in [9.17, 15) is 2.74 Å². The van der Waals surface area contributed by atoms with Gasteiger partial charge in [-0.25, -0.2) is 4.98 Å². The highest BCUT2D eigenvalue weighted by atomic mass is 16.5. The number of aryl methyl sites for hydroxylation is 2. The molecule has 0 amide bonds. The second-order valence-corrected chi connectivity index (χ2v) is 18.6. The molecule has 0 N–H and O–H groups in total. The highest BCUT2D eigenvalue weighted by molar-refractivity contribution is 5.99. The summed E-state index contributed by atoms with van der Waals surface area (Å²) in [6, 6.07) is 50.8. The maximum absolute atomic E-state index is 9.22. The van der Waals surface area contributed by atoms with Crippen LogP contribution in [0.5, 0.6) is 5.75 Å². The van der Waals surface area contributed by atoms with Crippen molar-refractivity contribution in [1.29, 1.82) is 0 Å². The molecule has 2 heterocycles. The number of hydrogen-bond acceptors (Lipinski definition) is 3. The first kappa shape index (κ1) is 32.0. The molecule has 8 aromatic carbocycles. The molecule has 0 saturated heterocycles. The number of hydrogen-bond donors (Lipinski definition) is 0. The molecule has 10 rings (SSSR count). The molecule has 0 radical (unpaired) electrons. The Bertz CT molecular complexity index is 4020. The van der Waals surface area contributed by atoms with Crippen molar-refractivity contribution in [3.8, 4) is 89.7 Å². The molecule has 0 aliphatic carbocycles. The Morgan fingerprint density at radius 2 is 1.16 bits per heavy atom. The average molecular weight is 911 g/mol. The molecule has 4 heteroatoms. The Balaban J connectivity index is 1.25. The third-order valence-electron chi connectivity index (χ3n) is 12.6. The van der Waals surface area contributed by atoms with Gasteiger partial charge in [0.1, 0.15) is 11.6 Å². The molecule has 0 unspecified atom stereocenters. The first-order valence-corrected chi connectivity index (χ1v) is 22.9. The highest BCUT2D eigenvalue weighted by Crippen LogP contribution is 2.46. The van der Waals surface area contributed by atoms with E-state index in [0.29, 0.717) is 28.3 Å². The average Bonchev–Trinajstić information content (AvgIpc) is 3.42. The summed E-state index contributed by atoms with van der Waals surface area (Å²) >= 11 is 0. The lowest BCUT2D eigenvalue weighted by Crippen LogP contribution is -2.14. The van der Waals surface area contributed by atoms with Crippen LogP contribution in [0.1, 0.15) is 81.4 Å². The third-order valence-corrected chi connectivity index (χ3v) is 12.6. The molecule has 0 spiro atoms. The molecule has 0 bridgehead atoms. The number of rotatable bonds is 9. The van der Waals surface area contributed by atoms with Crippen LogP contribution in [-0.2, 0) is 10.8 Å². The van der Waals surface area contributed by atoms with Gasteiger partial charge in [-0.15, -0.1) is 0 Å². The SMILES string of the molecule is [2H]c1c([2H])c(C(C([2H])([2H])[2H])(C([2H])([2H])[2H])C([2H])([2H])[2H])c([2H])c([2H])c1-c1ccnc(-c2cc(-c3ccccc3)cc(-c3cccc4c3nc(-c3cc(C)cc(C)c3OC)n4-c3cc(-c4ccccc4)c(C(C)(C)C)cc3-c3ccccc3)c2)c1. The van der Waals surface area contributed by atoms with Crippen molar-refractivity contribution < 1.29 is 22.6 Å². The summed E-state index contributed by atoms with van der Waals surface area (Å²) in [6.45, 7) is -0.652. The van der Waals surface area contributed by atoms with Gasteiger partial charge in [-0.05, 0) is 146 Å². The standard InChI is InChI=1S/C65H59N3O/c1-42-34-43(2)62(69-9)56(35-42)63-67-61-53(26-19-27-59(61)68(63)60-41-54(46-22-15-11-16-23-46)57(65(6,7)8)40-55(60)47-24-17-12-18-25-47)50-36-49(44-20-13-10-14-21-44)37-51(38-50)58-39-48(32-33-66-58)45-28-30-52(31-29-45)64(3,4)5/h10-41H,1-9H3/i3D3,4D3,5D3,28D,29D,30D,31D. The number of pyridine rings is 1. The maximum Gasteiger partial charge on any atom is 0.149 e. The molecule has 69 heavy (non-hydrogen) atoms. The number of ether oxygens (including phenoxy) is 1. The second kappa shape index (κ2) is 18.0. The Kier molecular flexibility index (Phi) is 8.36. The number of nitrogens with zero attached hydrogens (tertiary/aromatic N) is 3. The van der Waals surface area contributed by atoms with Gasteiger partial charge in [-0.2, -0.15) is 0 Å². The predicted molar refractivity (Wildman–Crippen MR) is 290 cm³/mol. The van der Waals surface area contributed by atoms with Crippen molar-refractivity contribution in [2.24, 2.45) is 0 Å². The van der Waals surface area contributed by atoms with Crippen molar-refractivity contribution in [1.82, 2.24) is 14.5 Å². The van der Waals surface area contributed by atoms with Crippen LogP contribution in [0.2, 0.25) is 0 Å². The first-order chi connectivity index (χ1) is 38.7. The Morgan fingerprint density at radius 1 is 0.522 bits per heavy atom. The Labute approximate surface area is 426 Å². The molecule has 0 saturated carbocycles. The van der Waals surface area contributed by atoms with Gasteiger partial charge in [0, 0.05) is 35.2 Å². The van der Waals surface area contributed by atoms with Crippen LogP contribution in [0.4, 0.5) is 0 Å². The lowest BCUT2D eigenvalue weighted by atomic mass is 9.79. The van der Waals surface area contributed by atoms with Crippen LogP contribution in [0.15, 0.2) is 194 Å². The molecular formula is C65H59N3O. The number of benzene rings is 8. The Morgan fingerprint density at radius 3 is 1.81 bits per heavy atom. The number of fused-ring (bicyclic) bond motifs is 1. The van der Waals surface area contributed by atoms with Crippen LogP contribution in [0.25, 0.3) is 95.0 Å². The van der Waals surface area contributed by atoms with Crippen LogP contribution in [0, 0.1) is 13.8 Å². The lowest BCUT2D eigenvalue weighted by molar-refractivity contribution is 0.413. The fourth-order valence-corrected chi connectivity index (χ4v) is 9.36. The van der Waals surface area contributed by atoms with E-state index in [1.807, 2.05) is 85.8 Å². The van der Waals surface area contributed by atoms with Gasteiger partial charge in [0.15, 0.2) is 0 Å². The number of imidazole rings is 1. The largest absolute Gasteiger partial charge is 0.496 e. The molecule has 2 aromatic heterocycles. The van der Waals surface area contributed by atoms with E-state index < -0.39 is 55.7 Å². The Hall–Kier alpha value is -7.82. The van der Waals surface area contributed by atoms with Gasteiger partial charge < -0.3 is 4.74 Å². The van der Waals surface area contributed by atoms with E-state index in [1.165, 1.54) is 17.8 Å². The zero-order valence-electron chi connectivity index (χ0n) is 52.4. The quantitative estimate of drug-likeness (QED) is 0.145. The monoisotopic (exact) mass is 911 g/mol. The van der Waals surface area contributed by atoms with Gasteiger partial charge in [-0.3, -0.25) is 9.55 Å². The molecule has 0 fully saturated rings. The summed E-state index contributed by atoms with van der Waals surface area (Å²) in [4.78, 5) is 10.5. The minimum atomic E-state index is -3.81. The number of aromatic nitrogens is 3. The van der Waals surface area contributed by atoms with Crippen molar-refractivity contribution >= 4 is 11.0 Å². The van der Waals surface area contributed by atoms with E-state index >= 15 is 0 Å². The van der Waals surface area contributed by atoms with Crippen molar-refractivity contribution in [3.63, 3.8) is 0 Å². The van der Waals surface area contributed by atoms with Crippen LogP contribution < -0.4 is 4.74 Å². The third kappa shape index (κ3) is 8.80. The first-order valence-electron chi connectivity index (χ1n) is 29.4. The summed E-state index contributed by atoms with van der Waals surface area (Å²) in [5.74, 6) is 1.33. The van der Waals surface area contributed by atoms with Crippen molar-refractivity contribution in [2.75, 3.05) is 7.11 Å². The summed E-state index contributed by atoms with van der Waals surface area (Å²) in [6.07, 6.45) is 1.45. The van der Waals surface area contributed by atoms with E-state index in [4.69, 9.17) is 29.8 Å². The molecule has 0 aliphatic rings. The summed E-state index contributed by atoms with van der Waals surface area (Å²) in [5, 5.41) is 0. The van der Waals surface area contributed by atoms with E-state index in [0.717, 1.165) is 72.4 Å². The summed E-state index contributed by atoms with van der Waals surface area (Å²) < 4.78 is 120. The van der Waals surface area contributed by atoms with Gasteiger partial charge >= 0.3 is 0 Å². The smallest absolute Gasteiger partial charge is 0.149 e. The van der Waals surface area contributed by atoms with Crippen LogP contribution in [-0.4, -0.2) is 21.6 Å². The minimum Gasteiger partial charge on any atom is -0.496 e. The molecule has 0 atom stereocenters. The zero-order chi connectivity index (χ0) is 59.0. The fourth-order valence-electron chi connectivity index (χ4n) is 9.36. The van der Waals surface area contributed by atoms with E-state index in [-0.39, 0.29) is 16.5 Å². The molecular weight excluding hydrogens is 839 g/mol. The van der Waals surface area contributed by atoms with Crippen LogP contribution >= 0.6 is 0 Å². The molecule has 0 aliphatic heterocycles. The maximum atomic E-state index is 9.22. The van der Waals surface area contributed by atoms with Gasteiger partial charge in [0.2, 0.25) is 0 Å². The molecule has 10 aromatic rings. The fraction of sp³-hybridized carbons (Fsp3) is 0.169. The number of para-hydroxylation sites is 1. The van der Waals surface area contributed by atoms with Crippen molar-refractivity contribution in [3.05, 3.63) is 216 Å². The topological polar surface area (TPSA) is 39.9 Å². The molecule has 4 nitrogen and oxygen atoms in total. The van der Waals surface area contributed by atoms with Crippen LogP contribution in [0.3, 0.4) is 0 Å². The lowest BCUT2D eigenvalue weighted by Gasteiger charge is -2.27. The van der Waals surface area contributed by atoms with E-state index in [2.05, 4.69) is 105 Å². The van der Waals surface area contributed by atoms with E-state index in [1.54, 1.807) is 13.2 Å². The molecule has 340 valence electrons. The highest BCUT2D eigenvalue weighted by Gasteiger charge is 2.27. The zero-order valence-corrected chi connectivity index (χ0v) is 39.4. The summed E-state index contributed by atoms with van der Waals surface area (Å²) in [5.41, 5.74) is 9.29. The van der Waals surface area contributed by atoms with Gasteiger partial charge in [-0.1, -0.05) is 175 Å². The normalized spacial score (nSPS) is 15.1. The second-order valence-electron chi connectivity index (χ2n) is 18.6. The summed E-state index contributed by atoms with van der Waals surface area (Å²) in [7, 11) is 1.68. The van der Waals surface area contributed by atoms with Crippen molar-refractivity contribution in [2.45, 2.75) is 66.0 Å².